The second-order valence-corrected chi connectivity index (χ2v) is 4.72. The lowest BCUT2D eigenvalue weighted by molar-refractivity contribution is -0.255. The number of hydrogen-bond donors (Lipinski definition) is 2. The van der Waals surface area contributed by atoms with Gasteiger partial charge in [-0.05, 0) is 29.5 Å². The molecule has 0 saturated carbocycles. The van der Waals surface area contributed by atoms with Crippen molar-refractivity contribution in [2.24, 2.45) is 0 Å². The largest absolute Gasteiger partial charge is 0.545 e. The molecule has 0 aliphatic carbocycles. The molecule has 2 rings (SSSR count). The number of hydrogen-bond acceptors (Lipinski definition) is 6. The third-order valence-electron chi connectivity index (χ3n) is 2.29. The highest BCUT2D eigenvalue weighted by Crippen LogP contribution is 2.22. The van der Waals surface area contributed by atoms with Gasteiger partial charge in [-0.1, -0.05) is 12.1 Å². The third-order valence-corrected chi connectivity index (χ3v) is 3.10. The molecular weight excluding hydrogens is 284 g/mol. The van der Waals surface area contributed by atoms with Crippen molar-refractivity contribution in [2.45, 2.75) is 0 Å². The molecule has 2 N–H and O–H groups in total. The zero-order valence-corrected chi connectivity index (χ0v) is 10.7. The topological polar surface area (TPSA) is 115 Å². The average molecular weight is 291 g/mol. The number of imide groups is 1. The molecule has 0 unspecified atom stereocenters. The Morgan fingerprint density at radius 1 is 1.20 bits per heavy atom. The molecule has 0 atom stereocenters. The van der Waals surface area contributed by atoms with Crippen LogP contribution in [0.5, 0.6) is 0 Å². The van der Waals surface area contributed by atoms with E-state index in [4.69, 9.17) is 0 Å². The maximum absolute atomic E-state index is 11.6. The molecule has 1 aliphatic rings. The SMILES string of the molecule is O=C(/C=C1/SC(=O)NC1=O)Nc1ccc(C(=O)[O-])cc1. The minimum atomic E-state index is -1.32. The van der Waals surface area contributed by atoms with Crippen molar-refractivity contribution < 1.29 is 24.3 Å². The molecule has 1 aromatic carbocycles. The van der Waals surface area contributed by atoms with Crippen molar-refractivity contribution in [1.82, 2.24) is 5.32 Å². The van der Waals surface area contributed by atoms with Crippen LogP contribution in [-0.2, 0) is 9.59 Å². The van der Waals surface area contributed by atoms with Crippen LogP contribution in [0.4, 0.5) is 10.5 Å². The van der Waals surface area contributed by atoms with Crippen LogP contribution in [-0.4, -0.2) is 23.0 Å². The first-order valence-electron chi connectivity index (χ1n) is 5.33. The summed E-state index contributed by atoms with van der Waals surface area (Å²) in [6, 6.07) is 5.32. The Balaban J connectivity index is 2.05. The van der Waals surface area contributed by atoms with Gasteiger partial charge in [-0.15, -0.1) is 0 Å². The number of rotatable bonds is 3. The van der Waals surface area contributed by atoms with Crippen molar-refractivity contribution in [2.75, 3.05) is 5.32 Å². The molecule has 1 aromatic rings. The Morgan fingerprint density at radius 3 is 2.35 bits per heavy atom. The van der Waals surface area contributed by atoms with Crippen LogP contribution in [0.15, 0.2) is 35.2 Å². The van der Waals surface area contributed by atoms with Gasteiger partial charge in [-0.2, -0.15) is 0 Å². The Kier molecular flexibility index (Phi) is 3.85. The minimum absolute atomic E-state index is 0.00106. The van der Waals surface area contributed by atoms with Gasteiger partial charge >= 0.3 is 0 Å². The summed E-state index contributed by atoms with van der Waals surface area (Å²) in [6.07, 6.45) is 0.998. The number of carboxylic acids is 1. The summed E-state index contributed by atoms with van der Waals surface area (Å²) in [5.41, 5.74) is 0.337. The van der Waals surface area contributed by atoms with E-state index in [1.165, 1.54) is 24.3 Å². The summed E-state index contributed by atoms with van der Waals surface area (Å²) in [7, 11) is 0. The van der Waals surface area contributed by atoms with Crippen molar-refractivity contribution in [3.05, 3.63) is 40.8 Å². The van der Waals surface area contributed by atoms with E-state index in [1.54, 1.807) is 0 Å². The van der Waals surface area contributed by atoms with Crippen molar-refractivity contribution in [3.8, 4) is 0 Å². The Hall–Kier alpha value is -2.61. The molecule has 8 heteroatoms. The fourth-order valence-corrected chi connectivity index (χ4v) is 2.06. The van der Waals surface area contributed by atoms with E-state index in [9.17, 15) is 24.3 Å². The highest BCUT2D eigenvalue weighted by Gasteiger charge is 2.25. The lowest BCUT2D eigenvalue weighted by Crippen LogP contribution is -2.22. The molecule has 3 amide bonds. The fourth-order valence-electron chi connectivity index (χ4n) is 1.41. The van der Waals surface area contributed by atoms with E-state index < -0.39 is 23.0 Å². The summed E-state index contributed by atoms with van der Waals surface area (Å²) in [4.78, 5) is 44.3. The number of aromatic carboxylic acids is 1. The van der Waals surface area contributed by atoms with Crippen LogP contribution in [0.2, 0.25) is 0 Å². The van der Waals surface area contributed by atoms with Crippen LogP contribution in [0.25, 0.3) is 0 Å². The van der Waals surface area contributed by atoms with Crippen LogP contribution >= 0.6 is 11.8 Å². The molecule has 20 heavy (non-hydrogen) atoms. The van der Waals surface area contributed by atoms with Gasteiger partial charge in [0, 0.05) is 11.8 Å². The molecule has 102 valence electrons. The van der Waals surface area contributed by atoms with Gasteiger partial charge in [0.25, 0.3) is 11.1 Å². The quantitative estimate of drug-likeness (QED) is 0.749. The van der Waals surface area contributed by atoms with Crippen LogP contribution in [0.3, 0.4) is 0 Å². The summed E-state index contributed by atoms with van der Waals surface area (Å²) >= 11 is 0.634. The second-order valence-electron chi connectivity index (χ2n) is 3.71. The summed E-state index contributed by atoms with van der Waals surface area (Å²) in [5, 5.41) is 14.5. The van der Waals surface area contributed by atoms with Crippen molar-refractivity contribution in [1.29, 1.82) is 0 Å². The Morgan fingerprint density at radius 2 is 1.85 bits per heavy atom. The molecule has 0 radical (unpaired) electrons. The highest BCUT2D eigenvalue weighted by molar-refractivity contribution is 8.18. The number of anilines is 1. The first kappa shape index (κ1) is 13.8. The van der Waals surface area contributed by atoms with Crippen molar-refractivity contribution >= 4 is 40.5 Å². The van der Waals surface area contributed by atoms with Gasteiger partial charge in [-0.3, -0.25) is 19.7 Å². The van der Waals surface area contributed by atoms with Gasteiger partial charge in [0.15, 0.2) is 0 Å². The van der Waals surface area contributed by atoms with E-state index in [1.807, 2.05) is 5.32 Å². The maximum Gasteiger partial charge on any atom is 0.290 e. The molecular formula is C12H7N2O5S-. The Bertz CT molecular complexity index is 636. The van der Waals surface area contributed by atoms with Crippen LogP contribution in [0, 0.1) is 0 Å². The first-order chi connectivity index (χ1) is 9.45. The summed E-state index contributed by atoms with van der Waals surface area (Å²) in [6.45, 7) is 0. The molecule has 7 nitrogen and oxygen atoms in total. The molecule has 1 saturated heterocycles. The highest BCUT2D eigenvalue weighted by atomic mass is 32.2. The number of thioether (sulfide) groups is 1. The Labute approximate surface area is 117 Å². The van der Waals surface area contributed by atoms with E-state index in [-0.39, 0.29) is 10.5 Å². The number of amides is 3. The first-order valence-corrected chi connectivity index (χ1v) is 6.14. The van der Waals surface area contributed by atoms with Gasteiger partial charge in [0.1, 0.15) is 0 Å². The average Bonchev–Trinajstić information content (AvgIpc) is 2.68. The standard InChI is InChI=1S/C12H8N2O5S/c15-9(5-8-10(16)14-12(19)20-8)13-7-3-1-6(2-4-7)11(17)18/h1-5H,(H,13,15)(H,17,18)(H,14,16,19)/p-1/b8-5+. The normalized spacial score (nSPS) is 16.1. The maximum atomic E-state index is 11.6. The monoisotopic (exact) mass is 291 g/mol. The zero-order valence-electron chi connectivity index (χ0n) is 9.84. The van der Waals surface area contributed by atoms with Crippen LogP contribution in [0.1, 0.15) is 10.4 Å². The fraction of sp³-hybridized carbons (Fsp3) is 0. The molecule has 0 aromatic heterocycles. The summed E-state index contributed by atoms with van der Waals surface area (Å²) in [5.74, 6) is -2.54. The van der Waals surface area contributed by atoms with E-state index >= 15 is 0 Å². The molecule has 0 spiro atoms. The smallest absolute Gasteiger partial charge is 0.290 e. The minimum Gasteiger partial charge on any atom is -0.545 e. The second kappa shape index (κ2) is 5.57. The van der Waals surface area contributed by atoms with Gasteiger partial charge < -0.3 is 15.2 Å². The van der Waals surface area contributed by atoms with E-state index in [0.29, 0.717) is 17.4 Å². The number of carbonyl (C=O) groups is 4. The number of carbonyl (C=O) groups excluding carboxylic acids is 4. The number of benzene rings is 1. The van der Waals surface area contributed by atoms with Crippen molar-refractivity contribution in [3.63, 3.8) is 0 Å². The third kappa shape index (κ3) is 3.23. The van der Waals surface area contributed by atoms with Gasteiger partial charge in [0.2, 0.25) is 5.91 Å². The van der Waals surface area contributed by atoms with Crippen LogP contribution < -0.4 is 15.7 Å². The molecule has 1 aliphatic heterocycles. The zero-order chi connectivity index (χ0) is 14.7. The lowest BCUT2D eigenvalue weighted by Gasteiger charge is -2.05. The number of nitrogens with one attached hydrogen (secondary N) is 2. The molecule has 1 heterocycles. The van der Waals surface area contributed by atoms with E-state index in [2.05, 4.69) is 5.32 Å². The lowest BCUT2D eigenvalue weighted by atomic mass is 10.2. The molecule has 1 fully saturated rings. The van der Waals surface area contributed by atoms with Gasteiger partial charge in [-0.25, -0.2) is 0 Å². The van der Waals surface area contributed by atoms with E-state index in [0.717, 1.165) is 6.08 Å². The predicted molar refractivity (Wildman–Crippen MR) is 68.6 cm³/mol. The molecule has 0 bridgehead atoms. The van der Waals surface area contributed by atoms with Gasteiger partial charge in [0.05, 0.1) is 10.9 Å². The number of carboxylic acid groups (broad SMARTS) is 1. The predicted octanol–water partition coefficient (Wildman–Crippen LogP) is -0.145. The summed E-state index contributed by atoms with van der Waals surface area (Å²) < 4.78 is 0.